The number of carbonyl (C=O) groups is 1. The van der Waals surface area contributed by atoms with Crippen LogP contribution in [0.3, 0.4) is 0 Å². The average Bonchev–Trinajstić information content (AvgIpc) is 2.76. The van der Waals surface area contributed by atoms with Gasteiger partial charge in [0.1, 0.15) is 11.4 Å². The first-order valence-electron chi connectivity index (χ1n) is 11.5. The average molecular weight is 498 g/mol. The van der Waals surface area contributed by atoms with Gasteiger partial charge < -0.3 is 20.6 Å². The Morgan fingerprint density at radius 2 is 1.76 bits per heavy atom. The van der Waals surface area contributed by atoms with Gasteiger partial charge in [0.2, 0.25) is 0 Å². The predicted octanol–water partition coefficient (Wildman–Crippen LogP) is 5.08. The third kappa shape index (κ3) is 5.34. The lowest BCUT2D eigenvalue weighted by atomic mass is 9.84. The highest BCUT2D eigenvalue weighted by atomic mass is 35.5. The largest absolute Gasteiger partial charge is 0.385 e. The second kappa shape index (κ2) is 10.5. The number of hydrogen-bond acceptors (Lipinski definition) is 4. The molecule has 1 aliphatic heterocycles. The SMILES string of the molecule is Cc1ccc(Nc2c(C(=O)N3CC(O)(C(C)NC4CCCCC4)C3)ccc(F)c2F)c(F)c1.Cl. The van der Waals surface area contributed by atoms with Crippen LogP contribution in [-0.2, 0) is 0 Å². The molecule has 1 saturated carbocycles. The number of nitrogens with zero attached hydrogens (tertiary/aromatic N) is 1. The summed E-state index contributed by atoms with van der Waals surface area (Å²) in [5.74, 6) is -3.60. The first-order chi connectivity index (χ1) is 15.7. The Labute approximate surface area is 204 Å². The zero-order chi connectivity index (χ0) is 23.8. The first kappa shape index (κ1) is 26.3. The summed E-state index contributed by atoms with van der Waals surface area (Å²) < 4.78 is 42.9. The van der Waals surface area contributed by atoms with Gasteiger partial charge in [0, 0.05) is 12.1 Å². The van der Waals surface area contributed by atoms with Gasteiger partial charge in [0.05, 0.1) is 30.0 Å². The number of amides is 1. The Hall–Kier alpha value is -2.29. The molecule has 9 heteroatoms. The summed E-state index contributed by atoms with van der Waals surface area (Å²) in [7, 11) is 0. The van der Waals surface area contributed by atoms with Gasteiger partial charge in [0.25, 0.3) is 5.91 Å². The third-order valence-corrected chi connectivity index (χ3v) is 6.82. The van der Waals surface area contributed by atoms with Gasteiger partial charge in [0.15, 0.2) is 11.6 Å². The van der Waals surface area contributed by atoms with Gasteiger partial charge in [-0.05, 0) is 56.5 Å². The Bertz CT molecular complexity index is 1040. The number of benzene rings is 2. The quantitative estimate of drug-likeness (QED) is 0.521. The summed E-state index contributed by atoms with van der Waals surface area (Å²) in [6.07, 6.45) is 5.71. The smallest absolute Gasteiger partial charge is 0.256 e. The molecule has 4 rings (SSSR count). The number of carbonyl (C=O) groups excluding carboxylic acids is 1. The van der Waals surface area contributed by atoms with Crippen molar-refractivity contribution in [1.82, 2.24) is 10.2 Å². The highest BCUT2D eigenvalue weighted by Crippen LogP contribution is 2.33. The van der Waals surface area contributed by atoms with Gasteiger partial charge in [-0.3, -0.25) is 4.79 Å². The lowest BCUT2D eigenvalue weighted by Gasteiger charge is -2.50. The van der Waals surface area contributed by atoms with Gasteiger partial charge in [-0.1, -0.05) is 25.3 Å². The number of aliphatic hydroxyl groups is 1. The van der Waals surface area contributed by atoms with E-state index in [0.717, 1.165) is 18.9 Å². The van der Waals surface area contributed by atoms with E-state index in [1.165, 1.54) is 42.4 Å². The molecule has 1 unspecified atom stereocenters. The van der Waals surface area contributed by atoms with Crippen molar-refractivity contribution in [2.75, 3.05) is 18.4 Å². The molecule has 2 aliphatic rings. The van der Waals surface area contributed by atoms with Gasteiger partial charge in [-0.2, -0.15) is 0 Å². The highest BCUT2D eigenvalue weighted by Gasteiger charge is 2.48. The molecule has 1 atom stereocenters. The van der Waals surface area contributed by atoms with Crippen LogP contribution in [0.2, 0.25) is 0 Å². The van der Waals surface area contributed by atoms with Crippen molar-refractivity contribution < 1.29 is 23.1 Å². The Balaban J connectivity index is 0.00000324. The minimum atomic E-state index is -1.26. The van der Waals surface area contributed by atoms with E-state index in [1.807, 2.05) is 6.92 Å². The van der Waals surface area contributed by atoms with Crippen molar-refractivity contribution in [2.45, 2.75) is 63.6 Å². The fourth-order valence-electron chi connectivity index (χ4n) is 4.69. The minimum Gasteiger partial charge on any atom is -0.385 e. The van der Waals surface area contributed by atoms with Crippen LogP contribution in [-0.4, -0.2) is 46.7 Å². The fraction of sp³-hybridized carbons (Fsp3) is 0.480. The molecule has 0 aromatic heterocycles. The molecule has 186 valence electrons. The summed E-state index contributed by atoms with van der Waals surface area (Å²) in [4.78, 5) is 14.5. The molecule has 0 radical (unpaired) electrons. The Morgan fingerprint density at radius 1 is 1.09 bits per heavy atom. The summed E-state index contributed by atoms with van der Waals surface area (Å²) >= 11 is 0. The second-order valence-corrected chi connectivity index (χ2v) is 9.38. The molecule has 1 aliphatic carbocycles. The maximum Gasteiger partial charge on any atom is 0.256 e. The van der Waals surface area contributed by atoms with Gasteiger partial charge in [-0.15, -0.1) is 12.4 Å². The fourth-order valence-corrected chi connectivity index (χ4v) is 4.69. The topological polar surface area (TPSA) is 64.6 Å². The molecule has 2 aromatic carbocycles. The predicted molar refractivity (Wildman–Crippen MR) is 128 cm³/mol. The molecular formula is C25H31ClF3N3O2. The van der Waals surface area contributed by atoms with Crippen LogP contribution in [0.15, 0.2) is 30.3 Å². The molecule has 1 saturated heterocycles. The molecule has 0 spiro atoms. The summed E-state index contributed by atoms with van der Waals surface area (Å²) in [6, 6.07) is 6.49. The molecule has 0 bridgehead atoms. The standard InChI is InChI=1S/C25H30F3N3O2.ClH/c1-15-8-11-21(20(27)12-15)30-23-18(9-10-19(26)22(23)28)24(32)31-13-25(33,14-31)16(2)29-17-6-4-3-5-7-17;/h8-12,16-17,29-30,33H,3-7,13-14H2,1-2H3;1H. The number of aryl methyl sites for hydroxylation is 1. The van der Waals surface area contributed by atoms with Crippen molar-refractivity contribution in [3.05, 3.63) is 58.9 Å². The molecule has 5 nitrogen and oxygen atoms in total. The zero-order valence-electron chi connectivity index (χ0n) is 19.3. The number of nitrogens with one attached hydrogen (secondary N) is 2. The Morgan fingerprint density at radius 3 is 2.41 bits per heavy atom. The van der Waals surface area contributed by atoms with Crippen LogP contribution in [0.1, 0.15) is 54.9 Å². The van der Waals surface area contributed by atoms with Crippen LogP contribution in [0.25, 0.3) is 0 Å². The van der Waals surface area contributed by atoms with Crippen molar-refractivity contribution in [3.8, 4) is 0 Å². The number of β-amino-alcohol motifs (C(OH)–C–C–N with tert-alkyl or cyclic N) is 1. The van der Waals surface area contributed by atoms with Crippen LogP contribution >= 0.6 is 12.4 Å². The first-order valence-corrected chi connectivity index (χ1v) is 11.5. The van der Waals surface area contributed by atoms with Crippen LogP contribution < -0.4 is 10.6 Å². The Kier molecular flexibility index (Phi) is 8.16. The van der Waals surface area contributed by atoms with E-state index >= 15 is 0 Å². The van der Waals surface area contributed by atoms with E-state index in [1.54, 1.807) is 13.0 Å². The molecule has 2 aromatic rings. The van der Waals surface area contributed by atoms with Crippen LogP contribution in [0.4, 0.5) is 24.5 Å². The van der Waals surface area contributed by atoms with E-state index in [-0.39, 0.29) is 42.8 Å². The third-order valence-electron chi connectivity index (χ3n) is 6.82. The maximum absolute atomic E-state index is 14.7. The molecule has 3 N–H and O–H groups in total. The van der Waals surface area contributed by atoms with E-state index in [0.29, 0.717) is 11.6 Å². The minimum absolute atomic E-state index is 0. The van der Waals surface area contributed by atoms with Crippen LogP contribution in [0, 0.1) is 24.4 Å². The van der Waals surface area contributed by atoms with Crippen molar-refractivity contribution in [3.63, 3.8) is 0 Å². The van der Waals surface area contributed by atoms with Crippen molar-refractivity contribution in [1.29, 1.82) is 0 Å². The lowest BCUT2D eigenvalue weighted by molar-refractivity contribution is -0.103. The van der Waals surface area contributed by atoms with Gasteiger partial charge in [-0.25, -0.2) is 13.2 Å². The maximum atomic E-state index is 14.7. The normalized spacial score (nSPS) is 18.6. The van der Waals surface area contributed by atoms with Crippen molar-refractivity contribution in [2.24, 2.45) is 0 Å². The van der Waals surface area contributed by atoms with E-state index in [9.17, 15) is 23.1 Å². The van der Waals surface area contributed by atoms with E-state index in [2.05, 4.69) is 10.6 Å². The van der Waals surface area contributed by atoms with Crippen molar-refractivity contribution >= 4 is 29.7 Å². The molecule has 1 heterocycles. The zero-order valence-corrected chi connectivity index (χ0v) is 20.2. The number of hydrogen-bond donors (Lipinski definition) is 3. The molecule has 34 heavy (non-hydrogen) atoms. The lowest BCUT2D eigenvalue weighted by Crippen LogP contribution is -2.71. The molecule has 2 fully saturated rings. The number of rotatable bonds is 6. The summed E-state index contributed by atoms with van der Waals surface area (Å²) in [5.41, 5.74) is -1.03. The summed E-state index contributed by atoms with van der Waals surface area (Å²) in [6.45, 7) is 3.76. The summed E-state index contributed by atoms with van der Waals surface area (Å²) in [5, 5.41) is 17.0. The van der Waals surface area contributed by atoms with Crippen LogP contribution in [0.5, 0.6) is 0 Å². The monoisotopic (exact) mass is 497 g/mol. The number of halogens is 4. The second-order valence-electron chi connectivity index (χ2n) is 9.38. The van der Waals surface area contributed by atoms with E-state index < -0.39 is 34.6 Å². The molecular weight excluding hydrogens is 467 g/mol. The van der Waals surface area contributed by atoms with Gasteiger partial charge >= 0.3 is 0 Å². The molecule has 1 amide bonds. The highest BCUT2D eigenvalue weighted by molar-refractivity contribution is 6.01. The van der Waals surface area contributed by atoms with E-state index in [4.69, 9.17) is 0 Å². The number of likely N-dealkylation sites (tertiary alicyclic amines) is 1. The number of anilines is 2.